The van der Waals surface area contributed by atoms with Gasteiger partial charge in [-0.1, -0.05) is 11.6 Å². The van der Waals surface area contributed by atoms with Gasteiger partial charge in [-0.15, -0.1) is 0 Å². The third-order valence-electron chi connectivity index (χ3n) is 4.51. The summed E-state index contributed by atoms with van der Waals surface area (Å²) in [5.41, 5.74) is -0.209. The van der Waals surface area contributed by atoms with Gasteiger partial charge >= 0.3 is 5.97 Å². The number of halogens is 3. The fourth-order valence-corrected chi connectivity index (χ4v) is 4.74. The topological polar surface area (TPSA) is 101 Å². The maximum atomic E-state index is 13.3. The third-order valence-corrected chi connectivity index (χ3v) is 6.65. The number of rotatable bonds is 6. The van der Waals surface area contributed by atoms with Gasteiger partial charge in [-0.05, 0) is 42.5 Å². The van der Waals surface area contributed by atoms with Gasteiger partial charge in [-0.25, -0.2) is 17.2 Å². The molecule has 0 bridgehead atoms. The minimum atomic E-state index is -4.15. The Kier molecular flexibility index (Phi) is 6.51. The highest BCUT2D eigenvalue weighted by atomic mass is 35.5. The van der Waals surface area contributed by atoms with Crippen LogP contribution in [-0.2, 0) is 19.6 Å². The molecule has 0 radical (unpaired) electrons. The number of hydrogen-bond donors (Lipinski definition) is 1. The molecular weight excluding hydrogens is 444 g/mol. The summed E-state index contributed by atoms with van der Waals surface area (Å²) in [5, 5.41) is 10.2. The van der Waals surface area contributed by atoms with Crippen LogP contribution in [0.3, 0.4) is 0 Å². The zero-order chi connectivity index (χ0) is 22.1. The number of esters is 1. The van der Waals surface area contributed by atoms with Crippen molar-refractivity contribution in [1.29, 1.82) is 0 Å². The molecular formula is C19H16ClF2NO6S. The summed E-state index contributed by atoms with van der Waals surface area (Å²) in [6.45, 7) is -1.13. The monoisotopic (exact) mass is 459 g/mol. The predicted molar refractivity (Wildman–Crippen MR) is 101 cm³/mol. The smallest absolute Gasteiger partial charge is 0.325 e. The summed E-state index contributed by atoms with van der Waals surface area (Å²) in [6.07, 6.45) is -1.32. The Morgan fingerprint density at radius 3 is 2.43 bits per heavy atom. The van der Waals surface area contributed by atoms with Gasteiger partial charge < -0.3 is 9.84 Å². The second-order valence-corrected chi connectivity index (χ2v) is 8.92. The van der Waals surface area contributed by atoms with Crippen molar-refractivity contribution in [2.75, 3.05) is 13.2 Å². The Labute approximate surface area is 175 Å². The highest BCUT2D eigenvalue weighted by Gasteiger charge is 2.44. The Morgan fingerprint density at radius 2 is 1.80 bits per heavy atom. The van der Waals surface area contributed by atoms with Gasteiger partial charge in [0.15, 0.2) is 24.0 Å². The summed E-state index contributed by atoms with van der Waals surface area (Å²) < 4.78 is 57.6. The summed E-state index contributed by atoms with van der Waals surface area (Å²) >= 11 is 5.76. The first-order chi connectivity index (χ1) is 14.1. The van der Waals surface area contributed by atoms with Crippen molar-refractivity contribution in [3.63, 3.8) is 0 Å². The Bertz CT molecular complexity index is 1080. The molecule has 0 amide bonds. The lowest BCUT2D eigenvalue weighted by Gasteiger charge is -2.22. The van der Waals surface area contributed by atoms with Crippen LogP contribution >= 0.6 is 11.6 Å². The molecule has 1 fully saturated rings. The normalized spacial score (nSPS) is 19.6. The number of aliphatic hydroxyl groups excluding tert-OH is 1. The molecule has 3 rings (SSSR count). The van der Waals surface area contributed by atoms with E-state index < -0.39 is 52.2 Å². The number of hydrogen-bond acceptors (Lipinski definition) is 6. The van der Waals surface area contributed by atoms with Gasteiger partial charge in [0.05, 0.1) is 11.0 Å². The highest BCUT2D eigenvalue weighted by molar-refractivity contribution is 7.89. The lowest BCUT2D eigenvalue weighted by Crippen LogP contribution is -2.41. The minimum Gasteiger partial charge on any atom is -0.456 e. The van der Waals surface area contributed by atoms with E-state index in [0.29, 0.717) is 11.1 Å². The number of aliphatic hydroxyl groups is 1. The van der Waals surface area contributed by atoms with E-state index in [1.54, 1.807) is 0 Å². The van der Waals surface area contributed by atoms with Crippen LogP contribution in [-0.4, -0.2) is 54.9 Å². The number of Topliss-reactive ketones (excluding diaryl/α,β-unsaturated/α-hetero) is 1. The Morgan fingerprint density at radius 1 is 1.13 bits per heavy atom. The number of β-amino-alcohol motifs (C(OH)–C–C–N with tert-alkyl or cyclic N) is 1. The van der Waals surface area contributed by atoms with E-state index in [0.717, 1.165) is 16.4 Å². The molecule has 2 aromatic carbocycles. The minimum absolute atomic E-state index is 0.128. The number of ketones is 1. The number of carbonyl (C=O) groups is 2. The zero-order valence-corrected chi connectivity index (χ0v) is 16.9. The van der Waals surface area contributed by atoms with Gasteiger partial charge in [-0.3, -0.25) is 9.59 Å². The number of benzene rings is 2. The first-order valence-electron chi connectivity index (χ1n) is 8.70. The van der Waals surface area contributed by atoms with Crippen molar-refractivity contribution in [3.05, 3.63) is 64.7 Å². The standard InChI is InChI=1S/C19H16ClF2NO6S/c20-12-2-4-14(5-3-12)30(27,28)23-9-13(24)8-17(23)19(26)29-10-18(25)11-1-6-15(21)16(22)7-11/h1-7,13,17,24H,8-10H2/t13-,17-/m0/s1. The SMILES string of the molecule is O=C(COC(=O)[C@@H]1C[C@H](O)CN1S(=O)(=O)c1ccc(Cl)cc1)c1ccc(F)c(F)c1. The average molecular weight is 460 g/mol. The number of carbonyl (C=O) groups excluding carboxylic acids is 2. The first kappa shape index (κ1) is 22.3. The predicted octanol–water partition coefficient (Wildman–Crippen LogP) is 2.17. The molecule has 1 saturated heterocycles. The maximum Gasteiger partial charge on any atom is 0.325 e. The van der Waals surface area contributed by atoms with Crippen molar-refractivity contribution >= 4 is 33.4 Å². The lowest BCUT2D eigenvalue weighted by atomic mass is 10.1. The van der Waals surface area contributed by atoms with E-state index in [1.165, 1.54) is 24.3 Å². The summed E-state index contributed by atoms with van der Waals surface area (Å²) in [4.78, 5) is 24.4. The molecule has 0 aromatic heterocycles. The van der Waals surface area contributed by atoms with E-state index in [2.05, 4.69) is 0 Å². The molecule has 0 saturated carbocycles. The van der Waals surface area contributed by atoms with Gasteiger partial charge in [0.25, 0.3) is 0 Å². The molecule has 160 valence electrons. The van der Waals surface area contributed by atoms with Gasteiger partial charge in [0.2, 0.25) is 10.0 Å². The second-order valence-electron chi connectivity index (χ2n) is 6.59. The molecule has 1 N–H and O–H groups in total. The van der Waals surface area contributed by atoms with E-state index >= 15 is 0 Å². The van der Waals surface area contributed by atoms with Crippen molar-refractivity contribution < 1.29 is 36.6 Å². The second kappa shape index (κ2) is 8.76. The van der Waals surface area contributed by atoms with Crippen LogP contribution in [0.2, 0.25) is 5.02 Å². The van der Waals surface area contributed by atoms with Crippen LogP contribution in [0.15, 0.2) is 47.4 Å². The molecule has 2 atom stereocenters. The van der Waals surface area contributed by atoms with Crippen LogP contribution in [0, 0.1) is 11.6 Å². The van der Waals surface area contributed by atoms with E-state index in [1.807, 2.05) is 0 Å². The van der Waals surface area contributed by atoms with Crippen molar-refractivity contribution in [2.45, 2.75) is 23.5 Å². The number of ether oxygens (including phenoxy) is 1. The zero-order valence-electron chi connectivity index (χ0n) is 15.3. The molecule has 11 heteroatoms. The molecule has 30 heavy (non-hydrogen) atoms. The molecule has 1 aliphatic rings. The fourth-order valence-electron chi connectivity index (χ4n) is 2.99. The first-order valence-corrected chi connectivity index (χ1v) is 10.5. The van der Waals surface area contributed by atoms with E-state index in [4.69, 9.17) is 16.3 Å². The summed E-state index contributed by atoms with van der Waals surface area (Å²) in [7, 11) is -4.15. The Hall–Kier alpha value is -2.40. The molecule has 1 aliphatic heterocycles. The molecule has 0 aliphatic carbocycles. The lowest BCUT2D eigenvalue weighted by molar-refractivity contribution is -0.146. The van der Waals surface area contributed by atoms with Crippen LogP contribution in [0.1, 0.15) is 16.8 Å². The van der Waals surface area contributed by atoms with E-state index in [-0.39, 0.29) is 23.4 Å². The summed E-state index contributed by atoms with van der Waals surface area (Å²) in [6, 6.07) is 6.38. The molecule has 0 spiro atoms. The molecule has 0 unspecified atom stereocenters. The number of nitrogens with zero attached hydrogens (tertiary/aromatic N) is 1. The quantitative estimate of drug-likeness (QED) is 0.525. The highest BCUT2D eigenvalue weighted by Crippen LogP contribution is 2.28. The van der Waals surface area contributed by atoms with Crippen molar-refractivity contribution in [1.82, 2.24) is 4.31 Å². The number of sulfonamides is 1. The largest absolute Gasteiger partial charge is 0.456 e. The fraction of sp³-hybridized carbons (Fsp3) is 0.263. The van der Waals surface area contributed by atoms with E-state index in [9.17, 15) is 31.9 Å². The van der Waals surface area contributed by atoms with Crippen LogP contribution in [0.4, 0.5) is 8.78 Å². The molecule has 1 heterocycles. The van der Waals surface area contributed by atoms with Crippen molar-refractivity contribution in [2.24, 2.45) is 0 Å². The third kappa shape index (κ3) is 4.67. The molecule has 2 aromatic rings. The van der Waals surface area contributed by atoms with Gasteiger partial charge in [0, 0.05) is 23.6 Å². The van der Waals surface area contributed by atoms with Gasteiger partial charge in [0.1, 0.15) is 6.04 Å². The van der Waals surface area contributed by atoms with Crippen LogP contribution < -0.4 is 0 Å². The van der Waals surface area contributed by atoms with Crippen LogP contribution in [0.25, 0.3) is 0 Å². The van der Waals surface area contributed by atoms with Crippen LogP contribution in [0.5, 0.6) is 0 Å². The van der Waals surface area contributed by atoms with Crippen molar-refractivity contribution in [3.8, 4) is 0 Å². The average Bonchev–Trinajstić information content (AvgIpc) is 3.11. The summed E-state index contributed by atoms with van der Waals surface area (Å²) in [5.74, 6) is -4.20. The van der Waals surface area contributed by atoms with Gasteiger partial charge in [-0.2, -0.15) is 4.31 Å². The molecule has 7 nitrogen and oxygen atoms in total. The Balaban J connectivity index is 1.73. The maximum absolute atomic E-state index is 13.3.